The summed E-state index contributed by atoms with van der Waals surface area (Å²) < 4.78 is 7.12. The molecule has 0 saturated carbocycles. The molecule has 1 amide bonds. The van der Waals surface area contributed by atoms with Crippen molar-refractivity contribution in [1.29, 1.82) is 0 Å². The second kappa shape index (κ2) is 7.95. The highest BCUT2D eigenvalue weighted by molar-refractivity contribution is 5.92. The summed E-state index contributed by atoms with van der Waals surface area (Å²) in [5, 5.41) is 8.26. The van der Waals surface area contributed by atoms with Crippen molar-refractivity contribution in [1.82, 2.24) is 19.9 Å². The maximum absolute atomic E-state index is 12.9. The van der Waals surface area contributed by atoms with E-state index in [1.54, 1.807) is 18.0 Å². The standard InChI is InChI=1S/C22H25N5O2/c1-16-8-9-18(14-17(16)2)27-15-19(23-24-27)22(28)26-12-10-25(11-13-26)20-6-4-5-7-21(20)29-3/h4-9,14-15H,10-13H2,1-3H3. The number of rotatable bonds is 4. The maximum atomic E-state index is 12.9. The van der Waals surface area contributed by atoms with E-state index >= 15 is 0 Å². The monoisotopic (exact) mass is 391 g/mol. The van der Waals surface area contributed by atoms with Crippen LogP contribution in [0.3, 0.4) is 0 Å². The Morgan fingerprint density at radius 3 is 2.48 bits per heavy atom. The number of anilines is 1. The van der Waals surface area contributed by atoms with Crippen LogP contribution in [0.25, 0.3) is 5.69 Å². The lowest BCUT2D eigenvalue weighted by molar-refractivity contribution is 0.0740. The van der Waals surface area contributed by atoms with Gasteiger partial charge in [-0.25, -0.2) is 4.68 Å². The number of aryl methyl sites for hydroxylation is 2. The summed E-state index contributed by atoms with van der Waals surface area (Å²) in [6, 6.07) is 14.0. The van der Waals surface area contributed by atoms with E-state index in [1.807, 2.05) is 47.4 Å². The normalized spacial score (nSPS) is 14.2. The molecule has 0 atom stereocenters. The molecule has 7 nitrogen and oxygen atoms in total. The molecule has 1 fully saturated rings. The number of benzene rings is 2. The molecule has 29 heavy (non-hydrogen) atoms. The highest BCUT2D eigenvalue weighted by Crippen LogP contribution is 2.28. The SMILES string of the molecule is COc1ccccc1N1CCN(C(=O)c2cn(-c3ccc(C)c(C)c3)nn2)CC1. The smallest absolute Gasteiger partial charge is 0.276 e. The van der Waals surface area contributed by atoms with Gasteiger partial charge < -0.3 is 14.5 Å². The van der Waals surface area contributed by atoms with E-state index < -0.39 is 0 Å². The van der Waals surface area contributed by atoms with Crippen molar-refractivity contribution in [3.63, 3.8) is 0 Å². The number of amides is 1. The fourth-order valence-electron chi connectivity index (χ4n) is 3.56. The van der Waals surface area contributed by atoms with E-state index in [1.165, 1.54) is 11.1 Å². The average molecular weight is 391 g/mol. The summed E-state index contributed by atoms with van der Waals surface area (Å²) in [5.41, 5.74) is 4.73. The zero-order chi connectivity index (χ0) is 20.4. The molecule has 1 aromatic heterocycles. The van der Waals surface area contributed by atoms with Crippen LogP contribution in [0.5, 0.6) is 5.75 Å². The molecule has 3 aromatic rings. The second-order valence-corrected chi connectivity index (χ2v) is 7.27. The Kier molecular flexibility index (Phi) is 5.20. The first-order valence-corrected chi connectivity index (χ1v) is 9.74. The van der Waals surface area contributed by atoms with Gasteiger partial charge in [0.2, 0.25) is 0 Å². The second-order valence-electron chi connectivity index (χ2n) is 7.27. The van der Waals surface area contributed by atoms with Crippen molar-refractivity contribution in [3.05, 3.63) is 65.5 Å². The van der Waals surface area contributed by atoms with E-state index in [-0.39, 0.29) is 5.91 Å². The molecule has 0 unspecified atom stereocenters. The molecule has 0 N–H and O–H groups in total. The van der Waals surface area contributed by atoms with E-state index in [0.29, 0.717) is 18.8 Å². The largest absolute Gasteiger partial charge is 0.495 e. The third kappa shape index (κ3) is 3.81. The van der Waals surface area contributed by atoms with Crippen LogP contribution < -0.4 is 9.64 Å². The number of methoxy groups -OCH3 is 1. The molecule has 1 aliphatic heterocycles. The van der Waals surface area contributed by atoms with Gasteiger partial charge in [-0.05, 0) is 49.2 Å². The Hall–Kier alpha value is -3.35. The Morgan fingerprint density at radius 1 is 1.00 bits per heavy atom. The first kappa shape index (κ1) is 19.0. The van der Waals surface area contributed by atoms with Crippen molar-refractivity contribution in [2.24, 2.45) is 0 Å². The molecular weight excluding hydrogens is 366 g/mol. The first-order valence-electron chi connectivity index (χ1n) is 9.74. The van der Waals surface area contributed by atoms with E-state index in [2.05, 4.69) is 29.1 Å². The number of ether oxygens (including phenoxy) is 1. The summed E-state index contributed by atoms with van der Waals surface area (Å²) in [4.78, 5) is 17.0. The summed E-state index contributed by atoms with van der Waals surface area (Å²) in [7, 11) is 1.68. The fourth-order valence-corrected chi connectivity index (χ4v) is 3.56. The Balaban J connectivity index is 1.44. The van der Waals surface area contributed by atoms with Crippen molar-refractivity contribution < 1.29 is 9.53 Å². The maximum Gasteiger partial charge on any atom is 0.276 e. The minimum absolute atomic E-state index is 0.0836. The number of hydrogen-bond acceptors (Lipinski definition) is 5. The summed E-state index contributed by atoms with van der Waals surface area (Å²) >= 11 is 0. The Labute approximate surface area is 170 Å². The number of aromatic nitrogens is 3. The van der Waals surface area contributed by atoms with Crippen molar-refractivity contribution in [2.45, 2.75) is 13.8 Å². The van der Waals surface area contributed by atoms with Gasteiger partial charge in [-0.1, -0.05) is 23.4 Å². The van der Waals surface area contributed by atoms with Gasteiger partial charge in [0.05, 0.1) is 24.7 Å². The van der Waals surface area contributed by atoms with Crippen LogP contribution >= 0.6 is 0 Å². The lowest BCUT2D eigenvalue weighted by Crippen LogP contribution is -2.49. The predicted molar refractivity (Wildman–Crippen MR) is 112 cm³/mol. The first-order chi connectivity index (χ1) is 14.1. The summed E-state index contributed by atoms with van der Waals surface area (Å²) in [6.07, 6.45) is 1.71. The fraction of sp³-hybridized carbons (Fsp3) is 0.318. The van der Waals surface area contributed by atoms with Gasteiger partial charge in [0.25, 0.3) is 5.91 Å². The van der Waals surface area contributed by atoms with Crippen LogP contribution in [0.1, 0.15) is 21.6 Å². The quantitative estimate of drug-likeness (QED) is 0.684. The third-order valence-corrected chi connectivity index (χ3v) is 5.46. The molecule has 0 bridgehead atoms. The van der Waals surface area contributed by atoms with Gasteiger partial charge in [0.15, 0.2) is 5.69 Å². The predicted octanol–water partition coefficient (Wildman–Crippen LogP) is 2.86. The highest BCUT2D eigenvalue weighted by Gasteiger charge is 2.25. The van der Waals surface area contributed by atoms with Gasteiger partial charge >= 0.3 is 0 Å². The molecule has 2 aromatic carbocycles. The van der Waals surface area contributed by atoms with Gasteiger partial charge in [0, 0.05) is 26.2 Å². The Bertz CT molecular complexity index is 1020. The number of carbonyl (C=O) groups excluding carboxylic acids is 1. The molecule has 1 aliphatic rings. The molecule has 7 heteroatoms. The zero-order valence-corrected chi connectivity index (χ0v) is 17.0. The van der Waals surface area contributed by atoms with Crippen LogP contribution in [0, 0.1) is 13.8 Å². The number of nitrogens with zero attached hydrogens (tertiary/aromatic N) is 5. The molecule has 1 saturated heterocycles. The van der Waals surface area contributed by atoms with Crippen LogP contribution in [0.15, 0.2) is 48.7 Å². The zero-order valence-electron chi connectivity index (χ0n) is 17.0. The van der Waals surface area contributed by atoms with Gasteiger partial charge in [0.1, 0.15) is 5.75 Å². The lowest BCUT2D eigenvalue weighted by Gasteiger charge is -2.36. The summed E-state index contributed by atoms with van der Waals surface area (Å²) in [6.45, 7) is 6.89. The van der Waals surface area contributed by atoms with E-state index in [4.69, 9.17) is 4.74 Å². The van der Waals surface area contributed by atoms with E-state index in [0.717, 1.165) is 30.2 Å². The van der Waals surface area contributed by atoms with E-state index in [9.17, 15) is 4.79 Å². The van der Waals surface area contributed by atoms with Gasteiger partial charge in [-0.3, -0.25) is 4.79 Å². The Morgan fingerprint density at radius 2 is 1.76 bits per heavy atom. The minimum atomic E-state index is -0.0836. The molecule has 0 aliphatic carbocycles. The molecule has 4 rings (SSSR count). The van der Waals surface area contributed by atoms with Gasteiger partial charge in [-0.2, -0.15) is 0 Å². The molecular formula is C22H25N5O2. The van der Waals surface area contributed by atoms with Crippen LogP contribution in [-0.4, -0.2) is 59.1 Å². The topological polar surface area (TPSA) is 63.5 Å². The number of piperazine rings is 1. The molecule has 0 spiro atoms. The van der Waals surface area contributed by atoms with Crippen molar-refractivity contribution in [2.75, 3.05) is 38.2 Å². The number of hydrogen-bond donors (Lipinski definition) is 0. The van der Waals surface area contributed by atoms with Crippen molar-refractivity contribution >= 4 is 11.6 Å². The molecule has 150 valence electrons. The van der Waals surface area contributed by atoms with Crippen LogP contribution in [0.2, 0.25) is 0 Å². The van der Waals surface area contributed by atoms with Crippen LogP contribution in [0.4, 0.5) is 5.69 Å². The number of carbonyl (C=O) groups is 1. The lowest BCUT2D eigenvalue weighted by atomic mass is 10.1. The average Bonchev–Trinajstić information content (AvgIpc) is 3.25. The molecule has 2 heterocycles. The third-order valence-electron chi connectivity index (χ3n) is 5.46. The number of para-hydroxylation sites is 2. The van der Waals surface area contributed by atoms with Crippen LogP contribution in [-0.2, 0) is 0 Å². The highest BCUT2D eigenvalue weighted by atomic mass is 16.5. The van der Waals surface area contributed by atoms with Crippen molar-refractivity contribution in [3.8, 4) is 11.4 Å². The van der Waals surface area contributed by atoms with Gasteiger partial charge in [-0.15, -0.1) is 5.10 Å². The summed E-state index contributed by atoms with van der Waals surface area (Å²) in [5.74, 6) is 0.767. The molecule has 0 radical (unpaired) electrons. The minimum Gasteiger partial charge on any atom is -0.495 e.